The minimum absolute atomic E-state index is 1.21. The first-order valence-electron chi connectivity index (χ1n) is 16.6. The lowest BCUT2D eigenvalue weighted by molar-refractivity contribution is 1.44. The molecule has 0 aliphatic carbocycles. The van der Waals surface area contributed by atoms with Gasteiger partial charge in [0.05, 0.1) is 0 Å². The van der Waals surface area contributed by atoms with Crippen molar-refractivity contribution in [2.24, 2.45) is 0 Å². The molecule has 0 amide bonds. The van der Waals surface area contributed by atoms with Crippen molar-refractivity contribution in [3.63, 3.8) is 0 Å². The molecule has 0 atom stereocenters. The number of aryl methyl sites for hydroxylation is 4. The van der Waals surface area contributed by atoms with Crippen molar-refractivity contribution >= 4 is 48.6 Å². The van der Waals surface area contributed by atoms with E-state index in [4.69, 9.17) is 0 Å². The third-order valence-electron chi connectivity index (χ3n) is 8.45. The van der Waals surface area contributed by atoms with Crippen molar-refractivity contribution < 1.29 is 0 Å². The van der Waals surface area contributed by atoms with Gasteiger partial charge >= 0.3 is 0 Å². The molecule has 0 aromatic heterocycles. The predicted octanol–water partition coefficient (Wildman–Crippen LogP) is 13.3. The van der Waals surface area contributed by atoms with E-state index in [9.17, 15) is 0 Å². The van der Waals surface area contributed by atoms with Gasteiger partial charge in [0.15, 0.2) is 0 Å². The molecule has 0 bridgehead atoms. The third kappa shape index (κ3) is 10.1. The van der Waals surface area contributed by atoms with E-state index in [2.05, 4.69) is 222 Å². The Labute approximate surface area is 287 Å². The van der Waals surface area contributed by atoms with Crippen LogP contribution in [0.25, 0.3) is 48.6 Å². The minimum atomic E-state index is 1.21. The van der Waals surface area contributed by atoms with Gasteiger partial charge in [-0.05, 0) is 94.5 Å². The molecule has 0 saturated carbocycles. The molecule has 6 aromatic rings. The zero-order chi connectivity index (χ0) is 33.6. The van der Waals surface area contributed by atoms with Crippen LogP contribution in [0.1, 0.15) is 66.8 Å². The van der Waals surface area contributed by atoms with Crippen LogP contribution < -0.4 is 0 Å². The summed E-state index contributed by atoms with van der Waals surface area (Å²) in [5.74, 6) is 0. The quantitative estimate of drug-likeness (QED) is 0.149. The van der Waals surface area contributed by atoms with Gasteiger partial charge in [-0.25, -0.2) is 0 Å². The second-order valence-electron chi connectivity index (χ2n) is 12.1. The molecule has 0 heteroatoms. The average Bonchev–Trinajstić information content (AvgIpc) is 3.11. The molecule has 6 rings (SSSR count). The van der Waals surface area contributed by atoms with Crippen LogP contribution in [0.15, 0.2) is 146 Å². The van der Waals surface area contributed by atoms with Gasteiger partial charge in [-0.3, -0.25) is 0 Å². The zero-order valence-electron chi connectivity index (χ0n) is 28.5. The first-order valence-corrected chi connectivity index (χ1v) is 16.6. The fourth-order valence-corrected chi connectivity index (χ4v) is 5.28. The second-order valence-corrected chi connectivity index (χ2v) is 12.1. The molecule has 0 N–H and O–H groups in total. The van der Waals surface area contributed by atoms with E-state index in [-0.39, 0.29) is 0 Å². The summed E-state index contributed by atoms with van der Waals surface area (Å²) in [5.41, 5.74) is 15.1. The second kappa shape index (κ2) is 17.3. The van der Waals surface area contributed by atoms with Gasteiger partial charge in [0.2, 0.25) is 0 Å². The highest BCUT2D eigenvalue weighted by Crippen LogP contribution is 2.17. The van der Waals surface area contributed by atoms with Gasteiger partial charge in [-0.1, -0.05) is 194 Å². The van der Waals surface area contributed by atoms with E-state index >= 15 is 0 Å². The van der Waals surface area contributed by atoms with E-state index in [0.717, 1.165) is 0 Å². The van der Waals surface area contributed by atoms with E-state index < -0.39 is 0 Å². The van der Waals surface area contributed by atoms with Crippen molar-refractivity contribution in [3.05, 3.63) is 212 Å². The lowest BCUT2D eigenvalue weighted by atomic mass is 10.0. The first-order chi connectivity index (χ1) is 23.4. The van der Waals surface area contributed by atoms with Crippen LogP contribution >= 0.6 is 0 Å². The number of hydrogen-bond donors (Lipinski definition) is 0. The average molecular weight is 621 g/mol. The summed E-state index contributed by atoms with van der Waals surface area (Å²) >= 11 is 0. The lowest BCUT2D eigenvalue weighted by Gasteiger charge is -2.00. The van der Waals surface area contributed by atoms with E-state index in [0.29, 0.717) is 0 Å². The zero-order valence-corrected chi connectivity index (χ0v) is 28.5. The molecule has 0 saturated heterocycles. The predicted molar refractivity (Wildman–Crippen MR) is 213 cm³/mol. The highest BCUT2D eigenvalue weighted by Gasteiger charge is 1.96. The normalized spacial score (nSPS) is 11.4. The number of benzene rings is 6. The van der Waals surface area contributed by atoms with Crippen LogP contribution in [0.5, 0.6) is 0 Å². The number of hydrogen-bond acceptors (Lipinski definition) is 0. The van der Waals surface area contributed by atoms with Crippen LogP contribution in [0.4, 0.5) is 0 Å². The third-order valence-corrected chi connectivity index (χ3v) is 8.45. The summed E-state index contributed by atoms with van der Waals surface area (Å²) < 4.78 is 0. The van der Waals surface area contributed by atoms with Crippen molar-refractivity contribution in [2.45, 2.75) is 27.7 Å². The van der Waals surface area contributed by atoms with E-state index in [1.807, 2.05) is 0 Å². The molecule has 0 unspecified atom stereocenters. The summed E-state index contributed by atoms with van der Waals surface area (Å²) in [6.45, 7) is 8.55. The molecule has 48 heavy (non-hydrogen) atoms. The summed E-state index contributed by atoms with van der Waals surface area (Å²) in [6, 6.07) is 51.0. The summed E-state index contributed by atoms with van der Waals surface area (Å²) in [6.07, 6.45) is 17.4. The van der Waals surface area contributed by atoms with Crippen molar-refractivity contribution in [2.75, 3.05) is 0 Å². The van der Waals surface area contributed by atoms with E-state index in [1.54, 1.807) is 0 Å². The molecule has 236 valence electrons. The molecule has 0 heterocycles. The van der Waals surface area contributed by atoms with E-state index in [1.165, 1.54) is 66.8 Å². The topological polar surface area (TPSA) is 0 Å². The van der Waals surface area contributed by atoms with Gasteiger partial charge in [0, 0.05) is 0 Å². The number of rotatable bonds is 8. The summed E-state index contributed by atoms with van der Waals surface area (Å²) in [7, 11) is 0. The largest absolute Gasteiger partial charge is 0.0620 e. The molecule has 0 radical (unpaired) electrons. The van der Waals surface area contributed by atoms with Crippen LogP contribution in [-0.4, -0.2) is 0 Å². The molecule has 0 nitrogen and oxygen atoms in total. The Bertz CT molecular complexity index is 1730. The Hall–Kier alpha value is -5.72. The van der Waals surface area contributed by atoms with Gasteiger partial charge in [-0.15, -0.1) is 0 Å². The molecule has 0 spiro atoms. The van der Waals surface area contributed by atoms with Gasteiger partial charge in [0.1, 0.15) is 0 Å². The summed E-state index contributed by atoms with van der Waals surface area (Å²) in [4.78, 5) is 0. The molecule has 0 aliphatic rings. The van der Waals surface area contributed by atoms with Crippen LogP contribution in [0.2, 0.25) is 0 Å². The summed E-state index contributed by atoms with van der Waals surface area (Å²) in [5, 5.41) is 0. The van der Waals surface area contributed by atoms with Crippen LogP contribution in [0.3, 0.4) is 0 Å². The van der Waals surface area contributed by atoms with Crippen molar-refractivity contribution in [1.29, 1.82) is 0 Å². The maximum absolute atomic E-state index is 2.17. The Kier molecular flexibility index (Phi) is 12.1. The Morgan fingerprint density at radius 1 is 0.229 bits per heavy atom. The standard InChI is InChI=1S/2C24H22/c2*1-19-7-3-5-9-23(19)17-15-21-11-13-22(14-12-21)16-18-24-10-6-4-8-20(24)2/h2*3-18H,1-2H3. The monoisotopic (exact) mass is 620 g/mol. The highest BCUT2D eigenvalue weighted by molar-refractivity contribution is 5.75. The van der Waals surface area contributed by atoms with Gasteiger partial charge < -0.3 is 0 Å². The molecule has 0 fully saturated rings. The van der Waals surface area contributed by atoms with Crippen LogP contribution in [-0.2, 0) is 0 Å². The maximum atomic E-state index is 2.17. The fourth-order valence-electron chi connectivity index (χ4n) is 5.28. The fraction of sp³-hybridized carbons (Fsp3) is 0.0833. The first kappa shape index (κ1) is 33.6. The molecular weight excluding hydrogens is 577 g/mol. The minimum Gasteiger partial charge on any atom is -0.0620 e. The SMILES string of the molecule is Cc1ccccc1C=Cc1ccc(C=Cc2ccccc2C)cc1.Cc1ccccc1C=Cc1ccc(C=Cc2ccccc2C)cc1. The molecular formula is C48H44. The van der Waals surface area contributed by atoms with Gasteiger partial charge in [-0.2, -0.15) is 0 Å². The van der Waals surface area contributed by atoms with Crippen LogP contribution in [0, 0.1) is 27.7 Å². The Morgan fingerprint density at radius 2 is 0.417 bits per heavy atom. The lowest BCUT2D eigenvalue weighted by Crippen LogP contribution is -1.80. The highest BCUT2D eigenvalue weighted by atomic mass is 14.0. The molecule has 0 aliphatic heterocycles. The molecule has 6 aromatic carbocycles. The Balaban J connectivity index is 0.000000188. The maximum Gasteiger partial charge on any atom is -0.0227 e. The smallest absolute Gasteiger partial charge is 0.0227 e. The van der Waals surface area contributed by atoms with Gasteiger partial charge in [0.25, 0.3) is 0 Å². The van der Waals surface area contributed by atoms with Crippen molar-refractivity contribution in [3.8, 4) is 0 Å². The Morgan fingerprint density at radius 3 is 0.604 bits per heavy atom. The van der Waals surface area contributed by atoms with Crippen molar-refractivity contribution in [1.82, 2.24) is 0 Å².